The molecule has 0 bridgehead atoms. The Labute approximate surface area is 238 Å². The third-order valence-corrected chi connectivity index (χ3v) is 24.5. The van der Waals surface area contributed by atoms with E-state index in [1.807, 2.05) is 30.3 Å². The Morgan fingerprint density at radius 3 is 2.21 bits per heavy atom. The molecule has 0 heterocycles. The second kappa shape index (κ2) is 12.2. The van der Waals surface area contributed by atoms with E-state index in [4.69, 9.17) is 8.45 Å². The molecule has 0 N–H and O–H groups in total. The Morgan fingerprint density at radius 1 is 1.05 bits per heavy atom. The summed E-state index contributed by atoms with van der Waals surface area (Å²) in [6.45, 7) is 23.5. The van der Waals surface area contributed by atoms with Crippen molar-refractivity contribution in [3.63, 3.8) is 0 Å². The summed E-state index contributed by atoms with van der Waals surface area (Å²) in [5, 5.41) is 0.0767. The lowest BCUT2D eigenvalue weighted by Gasteiger charge is -2.49. The number of nitrogens with zero attached hydrogens (tertiary/aromatic N) is 1. The Morgan fingerprint density at radius 2 is 1.66 bits per heavy atom. The van der Waals surface area contributed by atoms with Gasteiger partial charge in [-0.2, -0.15) is 0 Å². The average Bonchev–Trinajstić information content (AvgIpc) is 3.23. The Kier molecular flexibility index (Phi) is 10.3. The van der Waals surface area contributed by atoms with Crippen molar-refractivity contribution in [3.8, 4) is 0 Å². The third-order valence-electron chi connectivity index (χ3n) is 11.3. The fraction of sp³-hybridized carbons (Fsp3) is 0.812. The van der Waals surface area contributed by atoms with Crippen molar-refractivity contribution < 1.29 is 8.63 Å². The molecule has 0 aliphatic heterocycles. The maximum absolute atomic E-state index is 14.7. The summed E-state index contributed by atoms with van der Waals surface area (Å²) in [6.07, 6.45) is 7.93. The van der Waals surface area contributed by atoms with Crippen LogP contribution in [0.15, 0.2) is 39.3 Å². The van der Waals surface area contributed by atoms with Gasteiger partial charge in [-0.3, -0.25) is 4.03 Å². The fourth-order valence-corrected chi connectivity index (χ4v) is 16.7. The quantitative estimate of drug-likeness (QED) is 0.245. The SMILES string of the molecule is CC[Si](CC)(CC)O[C@H]1CCC[C@]2(C)[C@@H]([C@H](C)CCS(=O)(=N[Si](C)(C)C(C)(C)C)c3ccccc3)CC[C@@H]12. The van der Waals surface area contributed by atoms with Crippen molar-refractivity contribution >= 4 is 26.3 Å². The molecule has 2 fully saturated rings. The summed E-state index contributed by atoms with van der Waals surface area (Å²) in [7, 11) is -6.14. The van der Waals surface area contributed by atoms with Crippen LogP contribution in [0, 0.1) is 23.2 Å². The highest BCUT2D eigenvalue weighted by Crippen LogP contribution is 2.59. The molecule has 0 radical (unpaired) electrons. The highest BCUT2D eigenvalue weighted by Gasteiger charge is 2.54. The van der Waals surface area contributed by atoms with Gasteiger partial charge >= 0.3 is 0 Å². The van der Waals surface area contributed by atoms with Gasteiger partial charge in [-0.25, -0.2) is 4.21 Å². The standard InChI is InChI=1S/C32H59NO2SSi2/c1-11-38(12-2,13-3)35-30-20-17-24-32(8)28(21-22-29(30)32)26(4)23-25-36(34,27-18-15-14-16-19-27)33-37(9,10)31(5,6)7/h14-16,18-19,26,28-30H,11-13,17,20-25H2,1-10H3/t26-,28-,29+,30+,32-,36?/m1/s1. The van der Waals surface area contributed by atoms with Crippen molar-refractivity contribution in [1.82, 2.24) is 0 Å². The van der Waals surface area contributed by atoms with Gasteiger partial charge in [0.25, 0.3) is 0 Å². The highest BCUT2D eigenvalue weighted by atomic mass is 32.2. The summed E-state index contributed by atoms with van der Waals surface area (Å²) in [5.41, 5.74) is 0.349. The van der Waals surface area contributed by atoms with E-state index < -0.39 is 26.3 Å². The lowest BCUT2D eigenvalue weighted by atomic mass is 9.61. The largest absolute Gasteiger partial charge is 0.414 e. The van der Waals surface area contributed by atoms with E-state index in [0.717, 1.165) is 11.3 Å². The van der Waals surface area contributed by atoms with Gasteiger partial charge in [0.05, 0.1) is 9.73 Å². The molecule has 2 saturated carbocycles. The van der Waals surface area contributed by atoms with Crippen LogP contribution in [0.4, 0.5) is 0 Å². The van der Waals surface area contributed by atoms with Crippen molar-refractivity contribution in [2.24, 2.45) is 27.2 Å². The lowest BCUT2D eigenvalue weighted by Crippen LogP contribution is -2.48. The summed E-state index contributed by atoms with van der Waals surface area (Å²) in [6, 6.07) is 13.9. The fourth-order valence-electron chi connectivity index (χ4n) is 7.46. The summed E-state index contributed by atoms with van der Waals surface area (Å²) in [5.74, 6) is 2.61. The lowest BCUT2D eigenvalue weighted by molar-refractivity contribution is -0.0196. The van der Waals surface area contributed by atoms with Gasteiger partial charge in [0.1, 0.15) is 0 Å². The molecule has 1 aromatic carbocycles. The third kappa shape index (κ3) is 6.55. The van der Waals surface area contributed by atoms with Crippen LogP contribution in [0.25, 0.3) is 0 Å². The van der Waals surface area contributed by atoms with Gasteiger partial charge in [0.15, 0.2) is 16.6 Å². The molecule has 0 spiro atoms. The molecule has 2 aliphatic carbocycles. The van der Waals surface area contributed by atoms with Crippen molar-refractivity contribution in [2.75, 3.05) is 5.75 Å². The maximum atomic E-state index is 14.7. The average molecular weight is 578 g/mol. The molecule has 3 rings (SSSR count). The number of rotatable bonds is 11. The minimum absolute atomic E-state index is 0.0767. The van der Waals surface area contributed by atoms with Crippen LogP contribution in [-0.4, -0.2) is 32.6 Å². The normalized spacial score (nSPS) is 28.9. The number of hydrogen-bond acceptors (Lipinski definition) is 3. The summed E-state index contributed by atoms with van der Waals surface area (Å²) < 4.78 is 27.2. The van der Waals surface area contributed by atoms with E-state index in [2.05, 4.69) is 68.5 Å². The highest BCUT2D eigenvalue weighted by molar-refractivity contribution is 7.94. The number of benzene rings is 1. The van der Waals surface area contributed by atoms with Crippen molar-refractivity contribution in [2.45, 2.75) is 141 Å². The predicted octanol–water partition coefficient (Wildman–Crippen LogP) is 10.2. The molecule has 0 aromatic heterocycles. The first kappa shape index (κ1) is 32.1. The van der Waals surface area contributed by atoms with E-state index in [-0.39, 0.29) is 5.04 Å². The van der Waals surface area contributed by atoms with Gasteiger partial charge in [-0.05, 0) is 104 Å². The van der Waals surface area contributed by atoms with Gasteiger partial charge < -0.3 is 4.43 Å². The van der Waals surface area contributed by atoms with Gasteiger partial charge in [0.2, 0.25) is 0 Å². The Hall–Kier alpha value is -0.436. The van der Waals surface area contributed by atoms with Crippen LogP contribution in [0.2, 0.25) is 36.3 Å². The molecule has 1 unspecified atom stereocenters. The van der Waals surface area contributed by atoms with Crippen molar-refractivity contribution in [3.05, 3.63) is 30.3 Å². The van der Waals surface area contributed by atoms with Gasteiger partial charge in [-0.1, -0.05) is 80.0 Å². The maximum Gasteiger partial charge on any atom is 0.193 e. The molecule has 2 aliphatic rings. The second-order valence-electron chi connectivity index (χ2n) is 14.4. The zero-order valence-electron chi connectivity index (χ0n) is 26.4. The first-order chi connectivity index (χ1) is 17.7. The number of fused-ring (bicyclic) bond motifs is 1. The van der Waals surface area contributed by atoms with E-state index in [1.165, 1.54) is 50.2 Å². The molecule has 1 aromatic rings. The molecule has 6 heteroatoms. The molecule has 38 heavy (non-hydrogen) atoms. The molecule has 0 amide bonds. The molecule has 218 valence electrons. The van der Waals surface area contributed by atoms with Crippen molar-refractivity contribution in [1.29, 1.82) is 0 Å². The minimum atomic E-state index is -2.46. The van der Waals surface area contributed by atoms with Crippen LogP contribution >= 0.6 is 0 Å². The topological polar surface area (TPSA) is 38.7 Å². The van der Waals surface area contributed by atoms with Crippen LogP contribution in [0.3, 0.4) is 0 Å². The molecular formula is C32H59NO2SSi2. The van der Waals surface area contributed by atoms with E-state index in [0.29, 0.717) is 35.0 Å². The van der Waals surface area contributed by atoms with E-state index >= 15 is 0 Å². The Bertz CT molecular complexity index is 1020. The zero-order chi connectivity index (χ0) is 28.4. The van der Waals surface area contributed by atoms with Crippen LogP contribution in [-0.2, 0) is 14.2 Å². The second-order valence-corrected chi connectivity index (χ2v) is 26.6. The van der Waals surface area contributed by atoms with E-state index in [1.54, 1.807) is 0 Å². The number of hydrogen-bond donors (Lipinski definition) is 0. The van der Waals surface area contributed by atoms with Crippen LogP contribution < -0.4 is 0 Å². The molecule has 0 saturated heterocycles. The first-order valence-electron chi connectivity index (χ1n) is 15.7. The first-order valence-corrected chi connectivity index (χ1v) is 22.8. The zero-order valence-corrected chi connectivity index (χ0v) is 29.3. The van der Waals surface area contributed by atoms with Crippen LogP contribution in [0.5, 0.6) is 0 Å². The summed E-state index contributed by atoms with van der Waals surface area (Å²) >= 11 is 0. The van der Waals surface area contributed by atoms with E-state index in [9.17, 15) is 4.21 Å². The monoisotopic (exact) mass is 577 g/mol. The molecule has 6 atom stereocenters. The molecular weight excluding hydrogens is 519 g/mol. The Balaban J connectivity index is 1.83. The predicted molar refractivity (Wildman–Crippen MR) is 171 cm³/mol. The van der Waals surface area contributed by atoms with Gasteiger partial charge in [0, 0.05) is 16.8 Å². The molecule has 3 nitrogen and oxygen atoms in total. The van der Waals surface area contributed by atoms with Crippen LogP contribution in [0.1, 0.15) is 93.9 Å². The minimum Gasteiger partial charge on any atom is -0.414 e. The smallest absolute Gasteiger partial charge is 0.193 e. The van der Waals surface area contributed by atoms with Gasteiger partial charge in [-0.15, -0.1) is 0 Å². The summed E-state index contributed by atoms with van der Waals surface area (Å²) in [4.78, 5) is 0.929.